The summed E-state index contributed by atoms with van der Waals surface area (Å²) in [5, 5.41) is 2.72. The summed E-state index contributed by atoms with van der Waals surface area (Å²) >= 11 is 0. The van der Waals surface area contributed by atoms with Crippen LogP contribution in [0.15, 0.2) is 108 Å². The van der Waals surface area contributed by atoms with E-state index in [9.17, 15) is 18.0 Å². The van der Waals surface area contributed by atoms with E-state index >= 15 is 0 Å². The number of carbonyl (C=O) groups is 2. The minimum Gasteiger partial charge on any atom is -0.357 e. The van der Waals surface area contributed by atoms with Gasteiger partial charge in [0.1, 0.15) is 12.6 Å². The average molecular weight is 612 g/mol. The maximum atomic E-state index is 14.4. The molecule has 1 N–H and O–H groups in total. The van der Waals surface area contributed by atoms with Crippen LogP contribution in [-0.4, -0.2) is 44.8 Å². The Bertz CT molecular complexity index is 1670. The van der Waals surface area contributed by atoms with E-state index in [1.807, 2.05) is 80.6 Å². The molecule has 0 aliphatic rings. The molecule has 230 valence electrons. The molecule has 44 heavy (non-hydrogen) atoms. The molecule has 2 amide bonds. The maximum Gasteiger partial charge on any atom is 0.264 e. The number of nitrogens with one attached hydrogen (secondary N) is 1. The van der Waals surface area contributed by atoms with Gasteiger partial charge in [0, 0.05) is 20.0 Å². The van der Waals surface area contributed by atoms with Gasteiger partial charge in [-0.2, -0.15) is 0 Å². The normalized spacial score (nSPS) is 12.0. The number of hydrogen-bond donors (Lipinski definition) is 1. The first kappa shape index (κ1) is 32.5. The van der Waals surface area contributed by atoms with Crippen LogP contribution in [0, 0.1) is 13.8 Å². The fourth-order valence-electron chi connectivity index (χ4n) is 5.08. The molecule has 0 aliphatic carbocycles. The van der Waals surface area contributed by atoms with Crippen LogP contribution in [0.3, 0.4) is 0 Å². The molecule has 0 fully saturated rings. The van der Waals surface area contributed by atoms with Crippen molar-refractivity contribution in [3.05, 3.63) is 131 Å². The Morgan fingerprint density at radius 2 is 1.41 bits per heavy atom. The molecule has 0 saturated carbocycles. The molecule has 4 aromatic rings. The van der Waals surface area contributed by atoms with Gasteiger partial charge in [-0.25, -0.2) is 8.42 Å². The fourth-order valence-corrected chi connectivity index (χ4v) is 6.50. The second kappa shape index (κ2) is 14.4. The van der Waals surface area contributed by atoms with Crippen molar-refractivity contribution in [1.29, 1.82) is 0 Å². The maximum absolute atomic E-state index is 14.4. The molecule has 4 aromatic carbocycles. The van der Waals surface area contributed by atoms with Gasteiger partial charge in [-0.15, -0.1) is 0 Å². The molecule has 7 nitrogen and oxygen atoms in total. The van der Waals surface area contributed by atoms with Crippen molar-refractivity contribution in [2.75, 3.05) is 17.9 Å². The minimum absolute atomic E-state index is 0.0847. The molecular formula is C36H41N3O4S. The molecule has 1 unspecified atom stereocenters. The Labute approximate surface area is 261 Å². The number of hydrogen-bond acceptors (Lipinski definition) is 4. The summed E-state index contributed by atoms with van der Waals surface area (Å²) in [6.07, 6.45) is 0.270. The number of nitrogens with zero attached hydrogens (tertiary/aromatic N) is 2. The molecule has 0 bridgehead atoms. The third kappa shape index (κ3) is 7.74. The van der Waals surface area contributed by atoms with Gasteiger partial charge in [-0.3, -0.25) is 13.9 Å². The Hall–Kier alpha value is -4.43. The van der Waals surface area contributed by atoms with Crippen molar-refractivity contribution in [1.82, 2.24) is 10.2 Å². The number of amides is 2. The Kier molecular flexibility index (Phi) is 10.6. The zero-order chi connectivity index (χ0) is 31.9. The number of benzene rings is 4. The Morgan fingerprint density at radius 3 is 2.00 bits per heavy atom. The van der Waals surface area contributed by atoms with Gasteiger partial charge in [0.2, 0.25) is 11.8 Å². The molecular weight excluding hydrogens is 570 g/mol. The first-order valence-corrected chi connectivity index (χ1v) is 16.2. The number of rotatable bonds is 12. The quantitative estimate of drug-likeness (QED) is 0.213. The predicted octanol–water partition coefficient (Wildman–Crippen LogP) is 6.01. The van der Waals surface area contributed by atoms with E-state index in [0.29, 0.717) is 5.69 Å². The lowest BCUT2D eigenvalue weighted by Crippen LogP contribution is -2.53. The summed E-state index contributed by atoms with van der Waals surface area (Å²) in [5.41, 5.74) is 5.07. The van der Waals surface area contributed by atoms with E-state index in [1.165, 1.54) is 4.90 Å². The molecule has 0 saturated heterocycles. The Balaban J connectivity index is 1.80. The zero-order valence-electron chi connectivity index (χ0n) is 26.0. The van der Waals surface area contributed by atoms with E-state index in [2.05, 4.69) is 19.2 Å². The summed E-state index contributed by atoms with van der Waals surface area (Å²) in [5.74, 6) is -0.560. The molecule has 0 radical (unpaired) electrons. The van der Waals surface area contributed by atoms with Crippen LogP contribution >= 0.6 is 0 Å². The lowest BCUT2D eigenvalue weighted by atomic mass is 10.0. The fraction of sp³-hybridized carbons (Fsp3) is 0.278. The number of anilines is 1. The van der Waals surface area contributed by atoms with Crippen molar-refractivity contribution >= 4 is 27.5 Å². The van der Waals surface area contributed by atoms with E-state index in [4.69, 9.17) is 0 Å². The summed E-state index contributed by atoms with van der Waals surface area (Å²) in [6, 6.07) is 30.1. The highest BCUT2D eigenvalue weighted by Gasteiger charge is 2.34. The van der Waals surface area contributed by atoms with Gasteiger partial charge >= 0.3 is 0 Å². The summed E-state index contributed by atoms with van der Waals surface area (Å²) < 4.78 is 29.5. The number of sulfonamides is 1. The van der Waals surface area contributed by atoms with E-state index in [0.717, 1.165) is 32.1 Å². The third-order valence-electron chi connectivity index (χ3n) is 7.86. The van der Waals surface area contributed by atoms with Gasteiger partial charge in [-0.1, -0.05) is 98.3 Å². The summed E-state index contributed by atoms with van der Waals surface area (Å²) in [7, 11) is -2.60. The first-order chi connectivity index (χ1) is 21.0. The average Bonchev–Trinajstić information content (AvgIpc) is 3.02. The van der Waals surface area contributed by atoms with Crippen LogP contribution in [0.5, 0.6) is 0 Å². The lowest BCUT2D eigenvalue weighted by molar-refractivity contribution is -0.139. The van der Waals surface area contributed by atoms with Crippen LogP contribution < -0.4 is 9.62 Å². The van der Waals surface area contributed by atoms with Crippen molar-refractivity contribution in [2.45, 2.75) is 57.5 Å². The molecule has 0 spiro atoms. The SMILES string of the molecule is CNC(=O)C(Cc1ccccc1)N(Cc1ccccc1C)C(=O)CN(c1ccc(C(C)C)cc1)S(=O)(=O)c1ccc(C)cc1. The monoisotopic (exact) mass is 611 g/mol. The van der Waals surface area contributed by atoms with Gasteiger partial charge in [0.25, 0.3) is 10.0 Å². The Morgan fingerprint density at radius 1 is 0.795 bits per heavy atom. The summed E-state index contributed by atoms with van der Waals surface area (Å²) in [4.78, 5) is 29.4. The van der Waals surface area contributed by atoms with Crippen molar-refractivity contribution in [3.63, 3.8) is 0 Å². The molecule has 0 heterocycles. The van der Waals surface area contributed by atoms with Crippen molar-refractivity contribution < 1.29 is 18.0 Å². The van der Waals surface area contributed by atoms with Gasteiger partial charge in [0.05, 0.1) is 10.6 Å². The van der Waals surface area contributed by atoms with Crippen LogP contribution in [0.25, 0.3) is 0 Å². The molecule has 0 aromatic heterocycles. The van der Waals surface area contributed by atoms with Crippen LogP contribution in [0.1, 0.15) is 47.6 Å². The second-order valence-corrected chi connectivity index (χ2v) is 13.2. The van der Waals surface area contributed by atoms with Crippen LogP contribution in [0.4, 0.5) is 5.69 Å². The highest BCUT2D eigenvalue weighted by atomic mass is 32.2. The van der Waals surface area contributed by atoms with Crippen LogP contribution in [0.2, 0.25) is 0 Å². The minimum atomic E-state index is -4.14. The molecule has 0 aliphatic heterocycles. The van der Waals surface area contributed by atoms with Crippen molar-refractivity contribution in [2.24, 2.45) is 0 Å². The largest absolute Gasteiger partial charge is 0.357 e. The highest BCUT2D eigenvalue weighted by molar-refractivity contribution is 7.92. The zero-order valence-corrected chi connectivity index (χ0v) is 26.8. The smallest absolute Gasteiger partial charge is 0.264 e. The standard InChI is InChI=1S/C36H41N3O4S/c1-26(2)30-17-19-32(20-18-30)39(44(42,43)33-21-15-27(3)16-22-33)25-35(40)38(24-31-14-10-9-11-28(31)4)34(36(41)37-5)23-29-12-7-6-8-13-29/h6-22,26,34H,23-25H2,1-5H3,(H,37,41). The molecule has 1 atom stereocenters. The number of aryl methyl sites for hydroxylation is 2. The molecule has 4 rings (SSSR count). The topological polar surface area (TPSA) is 86.8 Å². The summed E-state index contributed by atoms with van der Waals surface area (Å²) in [6.45, 7) is 7.63. The van der Waals surface area contributed by atoms with Crippen LogP contribution in [-0.2, 0) is 32.6 Å². The van der Waals surface area contributed by atoms with Gasteiger partial charge in [0.15, 0.2) is 0 Å². The second-order valence-electron chi connectivity index (χ2n) is 11.3. The van der Waals surface area contributed by atoms with E-state index < -0.39 is 28.5 Å². The van der Waals surface area contributed by atoms with Gasteiger partial charge in [-0.05, 0) is 66.3 Å². The van der Waals surface area contributed by atoms with E-state index in [1.54, 1.807) is 43.4 Å². The predicted molar refractivity (Wildman–Crippen MR) is 176 cm³/mol. The van der Waals surface area contributed by atoms with Crippen molar-refractivity contribution in [3.8, 4) is 0 Å². The van der Waals surface area contributed by atoms with Gasteiger partial charge < -0.3 is 10.2 Å². The van der Waals surface area contributed by atoms with E-state index in [-0.39, 0.29) is 29.7 Å². The lowest BCUT2D eigenvalue weighted by Gasteiger charge is -2.34. The highest BCUT2D eigenvalue weighted by Crippen LogP contribution is 2.27. The third-order valence-corrected chi connectivity index (χ3v) is 9.64. The first-order valence-electron chi connectivity index (χ1n) is 14.8. The number of carbonyl (C=O) groups excluding carboxylic acids is 2. The number of likely N-dealkylation sites (N-methyl/N-ethyl adjacent to an activating group) is 1. The molecule has 8 heteroatoms.